The van der Waals surface area contributed by atoms with E-state index < -0.39 is 23.6 Å². The standard InChI is InChI=1S/C19H19F3N2O3S.ClH/c1-3-24-8-7-13-14(10-24)28-17(15(13)18(26)27-2)23-16(25)11-5-4-6-12(9-11)19(20,21)22;/h4-6,9H,3,7-8,10H2,1-2H3,(H,23,25);1H. The first-order valence-corrected chi connectivity index (χ1v) is 9.50. The van der Waals surface area contributed by atoms with Crippen molar-refractivity contribution in [3.8, 4) is 0 Å². The van der Waals surface area contributed by atoms with E-state index in [9.17, 15) is 22.8 Å². The SMILES string of the molecule is CCN1CCc2c(sc(NC(=O)c3cccc(C(F)(F)F)c3)c2C(=O)OC)C1.Cl. The number of fused-ring (bicyclic) bond motifs is 1. The van der Waals surface area contributed by atoms with E-state index in [0.717, 1.165) is 35.7 Å². The molecule has 0 unspecified atom stereocenters. The minimum absolute atomic E-state index is 0. The van der Waals surface area contributed by atoms with Gasteiger partial charge >= 0.3 is 12.1 Å². The van der Waals surface area contributed by atoms with Crippen LogP contribution < -0.4 is 5.32 Å². The van der Waals surface area contributed by atoms with Gasteiger partial charge < -0.3 is 10.1 Å². The lowest BCUT2D eigenvalue weighted by molar-refractivity contribution is -0.137. The number of esters is 1. The number of thiophene rings is 1. The van der Waals surface area contributed by atoms with Gasteiger partial charge in [-0.05, 0) is 36.7 Å². The van der Waals surface area contributed by atoms with Crippen LogP contribution in [0.4, 0.5) is 18.2 Å². The number of anilines is 1. The smallest absolute Gasteiger partial charge is 0.416 e. The lowest BCUT2D eigenvalue weighted by Crippen LogP contribution is -2.29. The lowest BCUT2D eigenvalue weighted by Gasteiger charge is -2.25. The molecule has 0 aliphatic carbocycles. The number of benzene rings is 1. The average molecular weight is 449 g/mol. The second kappa shape index (κ2) is 9.15. The van der Waals surface area contributed by atoms with Crippen molar-refractivity contribution in [2.24, 2.45) is 0 Å². The van der Waals surface area contributed by atoms with Crippen molar-refractivity contribution in [1.29, 1.82) is 0 Å². The van der Waals surface area contributed by atoms with E-state index in [1.807, 2.05) is 6.92 Å². The molecule has 0 bridgehead atoms. The minimum Gasteiger partial charge on any atom is -0.465 e. The number of amides is 1. The van der Waals surface area contributed by atoms with Crippen LogP contribution in [0.1, 0.15) is 43.6 Å². The summed E-state index contributed by atoms with van der Waals surface area (Å²) in [5, 5.41) is 2.91. The molecule has 0 radical (unpaired) electrons. The van der Waals surface area contributed by atoms with Gasteiger partial charge in [-0.1, -0.05) is 13.0 Å². The number of hydrogen-bond donors (Lipinski definition) is 1. The molecule has 0 saturated carbocycles. The van der Waals surface area contributed by atoms with Crippen LogP contribution in [-0.4, -0.2) is 37.0 Å². The number of carbonyl (C=O) groups is 2. The van der Waals surface area contributed by atoms with Crippen molar-refractivity contribution in [1.82, 2.24) is 4.90 Å². The van der Waals surface area contributed by atoms with Crippen molar-refractivity contribution in [3.63, 3.8) is 0 Å². The predicted molar refractivity (Wildman–Crippen MR) is 107 cm³/mol. The van der Waals surface area contributed by atoms with Crippen molar-refractivity contribution in [2.75, 3.05) is 25.5 Å². The molecule has 2 aromatic rings. The maximum Gasteiger partial charge on any atom is 0.416 e. The molecule has 3 rings (SSSR count). The zero-order chi connectivity index (χ0) is 20.5. The maximum absolute atomic E-state index is 12.9. The molecule has 1 aromatic carbocycles. The van der Waals surface area contributed by atoms with Crippen molar-refractivity contribution >= 4 is 40.6 Å². The molecular formula is C19H20ClF3N2O3S. The third kappa shape index (κ3) is 4.91. The third-order valence-electron chi connectivity index (χ3n) is 4.65. The first-order chi connectivity index (χ1) is 13.2. The molecule has 0 fully saturated rings. The Morgan fingerprint density at radius 3 is 2.66 bits per heavy atom. The second-order valence-corrected chi connectivity index (χ2v) is 7.46. The van der Waals surface area contributed by atoms with Gasteiger partial charge in [-0.2, -0.15) is 13.2 Å². The first-order valence-electron chi connectivity index (χ1n) is 8.68. The normalized spacial score (nSPS) is 14.0. The summed E-state index contributed by atoms with van der Waals surface area (Å²) in [6.07, 6.45) is -3.90. The van der Waals surface area contributed by atoms with E-state index in [2.05, 4.69) is 10.2 Å². The molecule has 1 aliphatic rings. The van der Waals surface area contributed by atoms with E-state index in [-0.39, 0.29) is 18.0 Å². The molecule has 0 spiro atoms. The summed E-state index contributed by atoms with van der Waals surface area (Å²) in [6, 6.07) is 4.17. The summed E-state index contributed by atoms with van der Waals surface area (Å²) in [6.45, 7) is 4.33. The molecule has 1 aromatic heterocycles. The van der Waals surface area contributed by atoms with Gasteiger partial charge in [-0.25, -0.2) is 4.79 Å². The fourth-order valence-electron chi connectivity index (χ4n) is 3.14. The number of hydrogen-bond acceptors (Lipinski definition) is 5. The molecular weight excluding hydrogens is 429 g/mol. The number of nitrogens with one attached hydrogen (secondary N) is 1. The fourth-order valence-corrected chi connectivity index (χ4v) is 4.42. The molecule has 1 amide bonds. The Kier molecular flexibility index (Phi) is 7.31. The summed E-state index contributed by atoms with van der Waals surface area (Å²) >= 11 is 1.26. The summed E-state index contributed by atoms with van der Waals surface area (Å²) in [4.78, 5) is 28.0. The fraction of sp³-hybridized carbons (Fsp3) is 0.368. The molecule has 1 aliphatic heterocycles. The second-order valence-electron chi connectivity index (χ2n) is 6.35. The number of alkyl halides is 3. The van der Waals surface area contributed by atoms with Gasteiger partial charge in [0.1, 0.15) is 5.00 Å². The van der Waals surface area contributed by atoms with Crippen molar-refractivity contribution < 1.29 is 27.5 Å². The number of halogens is 4. The largest absolute Gasteiger partial charge is 0.465 e. The van der Waals surface area contributed by atoms with Gasteiger partial charge in [0.25, 0.3) is 5.91 Å². The van der Waals surface area contributed by atoms with Crippen LogP contribution in [0, 0.1) is 0 Å². The molecule has 5 nitrogen and oxygen atoms in total. The molecule has 29 heavy (non-hydrogen) atoms. The lowest BCUT2D eigenvalue weighted by atomic mass is 10.0. The maximum atomic E-state index is 12.9. The summed E-state index contributed by atoms with van der Waals surface area (Å²) in [7, 11) is 1.26. The Hall–Kier alpha value is -2.10. The van der Waals surface area contributed by atoms with Gasteiger partial charge in [-0.15, -0.1) is 23.7 Å². The van der Waals surface area contributed by atoms with E-state index in [4.69, 9.17) is 4.74 Å². The van der Waals surface area contributed by atoms with Gasteiger partial charge in [0, 0.05) is 23.5 Å². The van der Waals surface area contributed by atoms with E-state index in [1.165, 1.54) is 30.6 Å². The molecule has 10 heteroatoms. The Labute approximate surface area is 176 Å². The summed E-state index contributed by atoms with van der Waals surface area (Å²) < 4.78 is 43.6. The highest BCUT2D eigenvalue weighted by atomic mass is 35.5. The van der Waals surface area contributed by atoms with Gasteiger partial charge in [0.05, 0.1) is 18.2 Å². The number of carbonyl (C=O) groups excluding carboxylic acids is 2. The van der Waals surface area contributed by atoms with Crippen LogP contribution in [0.25, 0.3) is 0 Å². The van der Waals surface area contributed by atoms with Crippen LogP contribution in [0.15, 0.2) is 24.3 Å². The first kappa shape index (κ1) is 23.2. The molecule has 0 atom stereocenters. The number of nitrogens with zero attached hydrogens (tertiary/aromatic N) is 1. The van der Waals surface area contributed by atoms with Gasteiger partial charge in [0.15, 0.2) is 0 Å². The molecule has 0 saturated heterocycles. The molecule has 1 N–H and O–H groups in total. The van der Waals surface area contributed by atoms with Crippen LogP contribution in [-0.2, 0) is 23.9 Å². The zero-order valence-electron chi connectivity index (χ0n) is 15.8. The average Bonchev–Trinajstić information content (AvgIpc) is 3.03. The highest BCUT2D eigenvalue weighted by Gasteiger charge is 2.32. The molecule has 158 valence electrons. The summed E-state index contributed by atoms with van der Waals surface area (Å²) in [5.74, 6) is -1.27. The Morgan fingerprint density at radius 2 is 2.03 bits per heavy atom. The number of methoxy groups -OCH3 is 1. The third-order valence-corrected chi connectivity index (χ3v) is 5.78. The van der Waals surface area contributed by atoms with Crippen LogP contribution in [0.5, 0.6) is 0 Å². The Balaban J connectivity index is 0.00000300. The number of ether oxygens (including phenoxy) is 1. The van der Waals surface area contributed by atoms with E-state index >= 15 is 0 Å². The number of likely N-dealkylation sites (N-methyl/N-ethyl adjacent to an activating group) is 1. The predicted octanol–water partition coefficient (Wildman–Crippen LogP) is 4.61. The Morgan fingerprint density at radius 1 is 1.31 bits per heavy atom. The van der Waals surface area contributed by atoms with Gasteiger partial charge in [0.2, 0.25) is 0 Å². The topological polar surface area (TPSA) is 58.6 Å². The van der Waals surface area contributed by atoms with Crippen LogP contribution in [0.2, 0.25) is 0 Å². The summed E-state index contributed by atoms with van der Waals surface area (Å²) in [5.41, 5.74) is 0.0871. The van der Waals surface area contributed by atoms with Crippen LogP contribution >= 0.6 is 23.7 Å². The monoisotopic (exact) mass is 448 g/mol. The highest BCUT2D eigenvalue weighted by molar-refractivity contribution is 7.17. The van der Waals surface area contributed by atoms with Crippen molar-refractivity contribution in [2.45, 2.75) is 26.1 Å². The van der Waals surface area contributed by atoms with E-state index in [0.29, 0.717) is 23.5 Å². The van der Waals surface area contributed by atoms with Crippen LogP contribution in [0.3, 0.4) is 0 Å². The van der Waals surface area contributed by atoms with E-state index in [1.54, 1.807) is 0 Å². The molecule has 2 heterocycles. The number of rotatable bonds is 4. The Bertz CT molecular complexity index is 915. The quantitative estimate of drug-likeness (QED) is 0.694. The van der Waals surface area contributed by atoms with Gasteiger partial charge in [-0.3, -0.25) is 9.69 Å². The highest BCUT2D eigenvalue weighted by Crippen LogP contribution is 2.38. The minimum atomic E-state index is -4.54. The zero-order valence-corrected chi connectivity index (χ0v) is 17.4. The van der Waals surface area contributed by atoms with Crippen molar-refractivity contribution in [3.05, 3.63) is 51.4 Å².